The number of carboxylic acids is 1. The van der Waals surface area contributed by atoms with Crippen molar-refractivity contribution in [1.29, 1.82) is 0 Å². The van der Waals surface area contributed by atoms with Gasteiger partial charge in [-0.1, -0.05) is 23.7 Å². The fourth-order valence-electron chi connectivity index (χ4n) is 1.66. The Bertz CT molecular complexity index is 686. The molecule has 1 aromatic heterocycles. The first-order valence-corrected chi connectivity index (χ1v) is 6.13. The molecule has 0 bridgehead atoms. The van der Waals surface area contributed by atoms with E-state index in [0.29, 0.717) is 11.3 Å². The molecule has 6 heteroatoms. The molecular weight excluding hydrogens is 280 g/mol. The predicted molar refractivity (Wildman–Crippen MR) is 75.3 cm³/mol. The highest BCUT2D eigenvalue weighted by molar-refractivity contribution is 6.29. The summed E-state index contributed by atoms with van der Waals surface area (Å²) in [5, 5.41) is 11.8. The van der Waals surface area contributed by atoms with Crippen LogP contribution in [0, 0.1) is 6.92 Å². The van der Waals surface area contributed by atoms with Crippen LogP contribution < -0.4 is 5.32 Å². The van der Waals surface area contributed by atoms with E-state index in [1.54, 1.807) is 31.2 Å². The minimum atomic E-state index is -1.04. The fraction of sp³-hybridized carbons (Fsp3) is 0.0714. The summed E-state index contributed by atoms with van der Waals surface area (Å²) in [5.74, 6) is -1.49. The molecule has 0 radical (unpaired) electrons. The van der Waals surface area contributed by atoms with Crippen LogP contribution in [0.4, 0.5) is 5.69 Å². The Morgan fingerprint density at radius 1 is 1.25 bits per heavy atom. The second-order valence-corrected chi connectivity index (χ2v) is 4.52. The van der Waals surface area contributed by atoms with Crippen LogP contribution in [0.15, 0.2) is 36.4 Å². The lowest BCUT2D eigenvalue weighted by Gasteiger charge is -2.07. The first-order valence-electron chi connectivity index (χ1n) is 5.75. The third kappa shape index (κ3) is 3.13. The molecule has 1 heterocycles. The zero-order chi connectivity index (χ0) is 14.7. The van der Waals surface area contributed by atoms with E-state index in [-0.39, 0.29) is 16.4 Å². The molecule has 0 atom stereocenters. The van der Waals surface area contributed by atoms with E-state index >= 15 is 0 Å². The van der Waals surface area contributed by atoms with E-state index in [9.17, 15) is 9.59 Å². The van der Waals surface area contributed by atoms with Gasteiger partial charge in [0, 0.05) is 5.69 Å². The van der Waals surface area contributed by atoms with Crippen LogP contribution in [0.2, 0.25) is 5.15 Å². The van der Waals surface area contributed by atoms with Crippen molar-refractivity contribution in [3.8, 4) is 0 Å². The van der Waals surface area contributed by atoms with Gasteiger partial charge >= 0.3 is 5.97 Å². The number of hydrogen-bond acceptors (Lipinski definition) is 3. The molecule has 0 spiro atoms. The van der Waals surface area contributed by atoms with Gasteiger partial charge in [-0.3, -0.25) is 4.79 Å². The Kier molecular flexibility index (Phi) is 4.00. The molecule has 1 aromatic carbocycles. The molecule has 2 N–H and O–H groups in total. The first-order chi connectivity index (χ1) is 9.47. The van der Waals surface area contributed by atoms with Crippen LogP contribution in [-0.2, 0) is 0 Å². The highest BCUT2D eigenvalue weighted by Gasteiger charge is 2.11. The van der Waals surface area contributed by atoms with E-state index in [1.807, 2.05) is 0 Å². The quantitative estimate of drug-likeness (QED) is 0.852. The number of pyridine rings is 1. The maximum Gasteiger partial charge on any atom is 0.336 e. The van der Waals surface area contributed by atoms with Crippen molar-refractivity contribution in [3.05, 3.63) is 58.4 Å². The number of aromatic nitrogens is 1. The normalized spacial score (nSPS) is 10.1. The summed E-state index contributed by atoms with van der Waals surface area (Å²) >= 11 is 5.71. The number of anilines is 1. The second kappa shape index (κ2) is 5.71. The Morgan fingerprint density at radius 3 is 2.65 bits per heavy atom. The van der Waals surface area contributed by atoms with Gasteiger partial charge in [-0.05, 0) is 36.8 Å². The third-order valence-electron chi connectivity index (χ3n) is 2.67. The number of nitrogens with one attached hydrogen (secondary N) is 1. The lowest BCUT2D eigenvalue weighted by atomic mass is 10.1. The number of amides is 1. The zero-order valence-corrected chi connectivity index (χ0v) is 11.3. The van der Waals surface area contributed by atoms with Gasteiger partial charge in [0.15, 0.2) is 0 Å². The lowest BCUT2D eigenvalue weighted by molar-refractivity contribution is 0.0695. The van der Waals surface area contributed by atoms with Crippen molar-refractivity contribution in [3.63, 3.8) is 0 Å². The van der Waals surface area contributed by atoms with E-state index < -0.39 is 11.9 Å². The van der Waals surface area contributed by atoms with E-state index in [4.69, 9.17) is 16.7 Å². The molecule has 2 rings (SSSR count). The van der Waals surface area contributed by atoms with Crippen molar-refractivity contribution in [2.24, 2.45) is 0 Å². The van der Waals surface area contributed by atoms with Crippen molar-refractivity contribution in [1.82, 2.24) is 4.98 Å². The molecule has 0 saturated carbocycles. The van der Waals surface area contributed by atoms with Crippen molar-refractivity contribution < 1.29 is 14.7 Å². The number of carbonyl (C=O) groups excluding carboxylic acids is 1. The molecule has 5 nitrogen and oxygen atoms in total. The number of halogens is 1. The topological polar surface area (TPSA) is 79.3 Å². The predicted octanol–water partition coefficient (Wildman–Crippen LogP) is 2.99. The molecule has 1 amide bonds. The monoisotopic (exact) mass is 290 g/mol. The maximum absolute atomic E-state index is 12.0. The van der Waals surface area contributed by atoms with Crippen LogP contribution >= 0.6 is 11.6 Å². The summed E-state index contributed by atoms with van der Waals surface area (Å²) in [6.45, 7) is 1.69. The van der Waals surface area contributed by atoms with Crippen molar-refractivity contribution in [2.75, 3.05) is 5.32 Å². The van der Waals surface area contributed by atoms with Gasteiger partial charge in [-0.25, -0.2) is 9.78 Å². The van der Waals surface area contributed by atoms with Gasteiger partial charge in [-0.15, -0.1) is 0 Å². The van der Waals surface area contributed by atoms with Gasteiger partial charge < -0.3 is 10.4 Å². The summed E-state index contributed by atoms with van der Waals surface area (Å²) in [7, 11) is 0. The largest absolute Gasteiger partial charge is 0.478 e. The number of carbonyl (C=O) groups is 2. The van der Waals surface area contributed by atoms with Crippen LogP contribution in [0.25, 0.3) is 0 Å². The number of aromatic carboxylic acids is 1. The zero-order valence-electron chi connectivity index (χ0n) is 10.6. The third-order valence-corrected chi connectivity index (χ3v) is 2.88. The molecule has 102 valence electrons. The van der Waals surface area contributed by atoms with Crippen molar-refractivity contribution >= 4 is 29.2 Å². The number of nitrogens with zero attached hydrogens (tertiary/aromatic N) is 1. The van der Waals surface area contributed by atoms with Crippen molar-refractivity contribution in [2.45, 2.75) is 6.92 Å². The molecule has 0 aliphatic heterocycles. The Morgan fingerprint density at radius 2 is 2.00 bits per heavy atom. The lowest BCUT2D eigenvalue weighted by Crippen LogP contribution is -2.14. The van der Waals surface area contributed by atoms with E-state index in [1.165, 1.54) is 12.1 Å². The standard InChI is InChI=1S/C14H11ClN2O3/c1-8-5-6-9(7-10(8)14(19)20)16-13(18)11-3-2-4-12(15)17-11/h2-7H,1H3,(H,16,18)(H,19,20). The van der Waals surface area contributed by atoms with Crippen LogP contribution in [0.3, 0.4) is 0 Å². The average Bonchev–Trinajstić information content (AvgIpc) is 2.40. The van der Waals surface area contributed by atoms with Crippen LogP contribution in [0.1, 0.15) is 26.4 Å². The van der Waals surface area contributed by atoms with Gasteiger partial charge in [0.1, 0.15) is 10.8 Å². The molecule has 0 saturated heterocycles. The molecule has 0 fully saturated rings. The summed E-state index contributed by atoms with van der Waals surface area (Å²) in [6.07, 6.45) is 0. The summed E-state index contributed by atoms with van der Waals surface area (Å²) in [4.78, 5) is 26.9. The Balaban J connectivity index is 2.24. The van der Waals surface area contributed by atoms with Gasteiger partial charge in [-0.2, -0.15) is 0 Å². The summed E-state index contributed by atoms with van der Waals surface area (Å²) in [6, 6.07) is 9.36. The molecule has 2 aromatic rings. The second-order valence-electron chi connectivity index (χ2n) is 4.13. The average molecular weight is 291 g/mol. The van der Waals surface area contributed by atoms with Gasteiger partial charge in [0.2, 0.25) is 0 Å². The number of hydrogen-bond donors (Lipinski definition) is 2. The van der Waals surface area contributed by atoms with E-state index in [2.05, 4.69) is 10.3 Å². The number of benzene rings is 1. The number of aryl methyl sites for hydroxylation is 1. The molecule has 0 aliphatic carbocycles. The molecule has 0 aliphatic rings. The molecular formula is C14H11ClN2O3. The van der Waals surface area contributed by atoms with Crippen LogP contribution in [0.5, 0.6) is 0 Å². The molecule has 0 unspecified atom stereocenters. The minimum Gasteiger partial charge on any atom is -0.478 e. The SMILES string of the molecule is Cc1ccc(NC(=O)c2cccc(Cl)n2)cc1C(=O)O. The van der Waals surface area contributed by atoms with Crippen LogP contribution in [-0.4, -0.2) is 22.0 Å². The summed E-state index contributed by atoms with van der Waals surface area (Å²) in [5.41, 5.74) is 1.31. The maximum atomic E-state index is 12.0. The highest BCUT2D eigenvalue weighted by atomic mass is 35.5. The molecule has 20 heavy (non-hydrogen) atoms. The van der Waals surface area contributed by atoms with Gasteiger partial charge in [0.25, 0.3) is 5.91 Å². The first kappa shape index (κ1) is 14.0. The minimum absolute atomic E-state index is 0.141. The summed E-state index contributed by atoms with van der Waals surface area (Å²) < 4.78 is 0. The number of carboxylic acid groups (broad SMARTS) is 1. The Hall–Kier alpha value is -2.40. The smallest absolute Gasteiger partial charge is 0.336 e. The fourth-order valence-corrected chi connectivity index (χ4v) is 1.82. The van der Waals surface area contributed by atoms with E-state index in [0.717, 1.165) is 0 Å². The Labute approximate surface area is 120 Å². The highest BCUT2D eigenvalue weighted by Crippen LogP contribution is 2.16. The number of rotatable bonds is 3. The van der Waals surface area contributed by atoms with Gasteiger partial charge in [0.05, 0.1) is 5.56 Å².